The summed E-state index contributed by atoms with van der Waals surface area (Å²) in [5, 5.41) is 3.50. The molecule has 2 rings (SSSR count). The predicted octanol–water partition coefficient (Wildman–Crippen LogP) is 2.21. The van der Waals surface area contributed by atoms with E-state index in [-0.39, 0.29) is 24.1 Å². The van der Waals surface area contributed by atoms with Crippen molar-refractivity contribution in [2.75, 3.05) is 0 Å². The molecule has 16 heavy (non-hydrogen) atoms. The molecule has 0 amide bonds. The first kappa shape index (κ1) is 10.4. The fraction of sp³-hybridized carbons (Fsp3) is 0.0909. The van der Waals surface area contributed by atoms with Crippen LogP contribution in [0.5, 0.6) is 5.88 Å². The van der Waals surface area contributed by atoms with Crippen LogP contribution in [0.15, 0.2) is 34.9 Å². The number of benzene rings is 1. The summed E-state index contributed by atoms with van der Waals surface area (Å²) in [5.41, 5.74) is 0.677. The summed E-state index contributed by atoms with van der Waals surface area (Å²) in [4.78, 5) is 10.3. The summed E-state index contributed by atoms with van der Waals surface area (Å²) < 4.78 is 22.6. The molecule has 0 spiro atoms. The average molecular weight is 221 g/mol. The Morgan fingerprint density at radius 2 is 2.31 bits per heavy atom. The molecule has 4 nitrogen and oxygen atoms in total. The number of hydrogen-bond donors (Lipinski definition) is 0. The maximum absolute atomic E-state index is 12.8. The van der Waals surface area contributed by atoms with Gasteiger partial charge in [0.1, 0.15) is 12.4 Å². The minimum atomic E-state index is -0.324. The van der Waals surface area contributed by atoms with Crippen LogP contribution in [0.1, 0.15) is 16.1 Å². The SMILES string of the molecule is O=Cc1cc(OCc2cccc(F)c2)no1. The van der Waals surface area contributed by atoms with Crippen LogP contribution >= 0.6 is 0 Å². The van der Waals surface area contributed by atoms with Crippen molar-refractivity contribution in [3.8, 4) is 5.88 Å². The van der Waals surface area contributed by atoms with Gasteiger partial charge in [-0.15, -0.1) is 0 Å². The number of carbonyl (C=O) groups excluding carboxylic acids is 1. The Labute approximate surface area is 90.6 Å². The summed E-state index contributed by atoms with van der Waals surface area (Å²) in [5.74, 6) is -0.0320. The molecular weight excluding hydrogens is 213 g/mol. The predicted molar refractivity (Wildman–Crippen MR) is 52.6 cm³/mol. The molecule has 0 aliphatic heterocycles. The first-order valence-electron chi connectivity index (χ1n) is 4.57. The van der Waals surface area contributed by atoms with Gasteiger partial charge in [-0.25, -0.2) is 4.39 Å². The van der Waals surface area contributed by atoms with Gasteiger partial charge in [-0.2, -0.15) is 0 Å². The van der Waals surface area contributed by atoms with Gasteiger partial charge in [0.05, 0.1) is 6.07 Å². The molecule has 2 aromatic rings. The Bertz CT molecular complexity index is 495. The van der Waals surface area contributed by atoms with Gasteiger partial charge in [0.2, 0.25) is 5.76 Å². The van der Waals surface area contributed by atoms with Crippen molar-refractivity contribution in [3.05, 3.63) is 47.5 Å². The van der Waals surface area contributed by atoms with E-state index in [1.54, 1.807) is 12.1 Å². The van der Waals surface area contributed by atoms with Gasteiger partial charge in [-0.1, -0.05) is 12.1 Å². The normalized spacial score (nSPS) is 10.1. The minimum Gasteiger partial charge on any atom is -0.471 e. The summed E-state index contributed by atoms with van der Waals surface area (Å²) in [6.45, 7) is 0.169. The zero-order valence-corrected chi connectivity index (χ0v) is 8.22. The van der Waals surface area contributed by atoms with Crippen LogP contribution < -0.4 is 4.74 Å². The lowest BCUT2D eigenvalue weighted by molar-refractivity contribution is 0.109. The van der Waals surface area contributed by atoms with E-state index in [0.29, 0.717) is 11.8 Å². The second-order valence-electron chi connectivity index (χ2n) is 3.10. The molecule has 1 aromatic carbocycles. The van der Waals surface area contributed by atoms with Crippen LogP contribution in [0.4, 0.5) is 4.39 Å². The van der Waals surface area contributed by atoms with Crippen LogP contribution in [-0.4, -0.2) is 11.4 Å². The molecule has 0 N–H and O–H groups in total. The summed E-state index contributed by atoms with van der Waals surface area (Å²) in [6, 6.07) is 7.40. The molecule has 0 bridgehead atoms. The van der Waals surface area contributed by atoms with Gasteiger partial charge in [0.15, 0.2) is 6.29 Å². The summed E-state index contributed by atoms with van der Waals surface area (Å²) >= 11 is 0. The van der Waals surface area contributed by atoms with Crippen molar-refractivity contribution in [1.29, 1.82) is 0 Å². The zero-order chi connectivity index (χ0) is 11.4. The fourth-order valence-electron chi connectivity index (χ4n) is 1.18. The van der Waals surface area contributed by atoms with E-state index < -0.39 is 0 Å². The highest BCUT2D eigenvalue weighted by atomic mass is 19.1. The van der Waals surface area contributed by atoms with E-state index >= 15 is 0 Å². The van der Waals surface area contributed by atoms with E-state index in [1.165, 1.54) is 18.2 Å². The molecule has 0 fully saturated rings. The van der Waals surface area contributed by atoms with E-state index in [4.69, 9.17) is 4.74 Å². The molecular formula is C11H8FNO3. The van der Waals surface area contributed by atoms with Crippen LogP contribution in [-0.2, 0) is 6.61 Å². The van der Waals surface area contributed by atoms with Crippen LogP contribution in [0.2, 0.25) is 0 Å². The number of nitrogens with zero attached hydrogens (tertiary/aromatic N) is 1. The first-order chi connectivity index (χ1) is 7.78. The maximum Gasteiger partial charge on any atom is 0.255 e. The van der Waals surface area contributed by atoms with Crippen LogP contribution in [0, 0.1) is 5.82 Å². The van der Waals surface area contributed by atoms with Crippen molar-refractivity contribution < 1.29 is 18.4 Å². The third kappa shape index (κ3) is 2.44. The van der Waals surface area contributed by atoms with E-state index in [2.05, 4.69) is 9.68 Å². The first-order valence-corrected chi connectivity index (χ1v) is 4.57. The molecule has 0 saturated carbocycles. The molecule has 1 heterocycles. The Morgan fingerprint density at radius 3 is 3.00 bits per heavy atom. The molecule has 82 valence electrons. The second-order valence-corrected chi connectivity index (χ2v) is 3.10. The molecule has 5 heteroatoms. The van der Waals surface area contributed by atoms with Crippen LogP contribution in [0.3, 0.4) is 0 Å². The van der Waals surface area contributed by atoms with Gasteiger partial charge < -0.3 is 9.26 Å². The molecule has 0 aliphatic rings. The topological polar surface area (TPSA) is 52.3 Å². The summed E-state index contributed by atoms with van der Waals surface area (Å²) in [7, 11) is 0. The number of halogens is 1. The Hall–Kier alpha value is -2.17. The number of aldehydes is 1. The van der Waals surface area contributed by atoms with Gasteiger partial charge in [0, 0.05) is 0 Å². The smallest absolute Gasteiger partial charge is 0.255 e. The van der Waals surface area contributed by atoms with Crippen LogP contribution in [0.25, 0.3) is 0 Å². The second kappa shape index (κ2) is 4.57. The number of rotatable bonds is 4. The Morgan fingerprint density at radius 1 is 1.44 bits per heavy atom. The third-order valence-electron chi connectivity index (χ3n) is 1.90. The number of hydrogen-bond acceptors (Lipinski definition) is 4. The van der Waals surface area contributed by atoms with Crippen molar-refractivity contribution in [2.24, 2.45) is 0 Å². The zero-order valence-electron chi connectivity index (χ0n) is 8.22. The van der Waals surface area contributed by atoms with E-state index in [0.717, 1.165) is 0 Å². The fourth-order valence-corrected chi connectivity index (χ4v) is 1.18. The largest absolute Gasteiger partial charge is 0.471 e. The van der Waals surface area contributed by atoms with Crippen molar-refractivity contribution in [3.63, 3.8) is 0 Å². The third-order valence-corrected chi connectivity index (χ3v) is 1.90. The lowest BCUT2D eigenvalue weighted by Crippen LogP contribution is -1.95. The lowest BCUT2D eigenvalue weighted by atomic mass is 10.2. The van der Waals surface area contributed by atoms with Crippen molar-refractivity contribution in [2.45, 2.75) is 6.61 Å². The van der Waals surface area contributed by atoms with E-state index in [9.17, 15) is 9.18 Å². The molecule has 0 radical (unpaired) electrons. The Kier molecular flexibility index (Phi) is 2.95. The quantitative estimate of drug-likeness (QED) is 0.742. The standard InChI is InChI=1S/C11H8FNO3/c12-9-3-1-2-8(4-9)7-15-11-5-10(6-14)16-13-11/h1-6H,7H2. The summed E-state index contributed by atoms with van der Waals surface area (Å²) in [6.07, 6.45) is 0.530. The minimum absolute atomic E-state index is 0.0919. The Balaban J connectivity index is 1.99. The molecule has 0 aliphatic carbocycles. The highest BCUT2D eigenvalue weighted by Gasteiger charge is 2.04. The monoisotopic (exact) mass is 221 g/mol. The highest BCUT2D eigenvalue weighted by molar-refractivity contribution is 5.70. The maximum atomic E-state index is 12.8. The van der Waals surface area contributed by atoms with Crippen molar-refractivity contribution >= 4 is 6.29 Å². The number of ether oxygens (including phenoxy) is 1. The molecule has 0 atom stereocenters. The van der Waals surface area contributed by atoms with Gasteiger partial charge in [-0.3, -0.25) is 4.79 Å². The number of aromatic nitrogens is 1. The molecule has 0 unspecified atom stereocenters. The average Bonchev–Trinajstić information content (AvgIpc) is 2.74. The highest BCUT2D eigenvalue weighted by Crippen LogP contribution is 2.12. The molecule has 1 aromatic heterocycles. The van der Waals surface area contributed by atoms with E-state index in [1.807, 2.05) is 0 Å². The molecule has 0 saturated heterocycles. The van der Waals surface area contributed by atoms with Crippen molar-refractivity contribution in [1.82, 2.24) is 5.16 Å². The lowest BCUT2D eigenvalue weighted by Gasteiger charge is -2.01. The number of carbonyl (C=O) groups is 1. The van der Waals surface area contributed by atoms with Gasteiger partial charge in [-0.05, 0) is 22.9 Å². The van der Waals surface area contributed by atoms with Gasteiger partial charge >= 0.3 is 0 Å². The van der Waals surface area contributed by atoms with Gasteiger partial charge in [0.25, 0.3) is 5.88 Å².